The summed E-state index contributed by atoms with van der Waals surface area (Å²) < 4.78 is 32.5. The number of hydrogen-bond acceptors (Lipinski definition) is 2. The number of hydrogen-bond donors (Lipinski definition) is 1. The molecule has 0 aliphatic heterocycles. The van der Waals surface area contributed by atoms with Crippen molar-refractivity contribution in [3.63, 3.8) is 0 Å². The molecule has 2 nitrogen and oxygen atoms in total. The van der Waals surface area contributed by atoms with Gasteiger partial charge in [0.1, 0.15) is 17.4 Å². The van der Waals surface area contributed by atoms with Gasteiger partial charge in [0.15, 0.2) is 0 Å². The molecule has 2 N–H and O–H groups in total. The summed E-state index contributed by atoms with van der Waals surface area (Å²) in [5, 5.41) is 0. The Labute approximate surface area is 112 Å². The number of halogens is 3. The third kappa shape index (κ3) is 2.31. The maximum absolute atomic E-state index is 13.9. The fraction of sp³-hybridized carbons (Fsp3) is 0.0769. The van der Waals surface area contributed by atoms with Crippen LogP contribution in [0.2, 0.25) is 0 Å². The lowest BCUT2D eigenvalue weighted by Gasteiger charge is -2.10. The second-order valence-electron chi connectivity index (χ2n) is 3.69. The van der Waals surface area contributed by atoms with Crippen molar-refractivity contribution in [2.45, 2.75) is 0 Å². The van der Waals surface area contributed by atoms with Gasteiger partial charge in [0.05, 0.1) is 12.8 Å². The van der Waals surface area contributed by atoms with Crippen LogP contribution >= 0.6 is 15.9 Å². The molecule has 0 spiro atoms. The highest BCUT2D eigenvalue weighted by molar-refractivity contribution is 9.10. The number of nitrogens with two attached hydrogens (primary N) is 1. The molecule has 0 radical (unpaired) electrons. The van der Waals surface area contributed by atoms with E-state index >= 15 is 0 Å². The molecule has 0 amide bonds. The zero-order valence-electron chi connectivity index (χ0n) is 9.51. The van der Waals surface area contributed by atoms with E-state index in [0.29, 0.717) is 21.5 Å². The molecule has 2 rings (SSSR count). The predicted molar refractivity (Wildman–Crippen MR) is 70.5 cm³/mol. The van der Waals surface area contributed by atoms with E-state index in [2.05, 4.69) is 15.9 Å². The third-order valence-electron chi connectivity index (χ3n) is 2.56. The van der Waals surface area contributed by atoms with E-state index in [1.165, 1.54) is 31.4 Å². The van der Waals surface area contributed by atoms with Gasteiger partial charge < -0.3 is 10.5 Å². The van der Waals surface area contributed by atoms with Crippen LogP contribution in [0.5, 0.6) is 5.75 Å². The first-order valence-electron chi connectivity index (χ1n) is 5.11. The minimum Gasteiger partial charge on any atom is -0.497 e. The SMILES string of the molecule is COc1ccc(-c2cc(F)cc(Br)c2N)c(F)c1. The van der Waals surface area contributed by atoms with Gasteiger partial charge in [0.25, 0.3) is 0 Å². The van der Waals surface area contributed by atoms with Gasteiger partial charge in [-0.25, -0.2) is 8.78 Å². The Hall–Kier alpha value is -1.62. The Morgan fingerprint density at radius 3 is 2.44 bits per heavy atom. The normalized spacial score (nSPS) is 10.4. The van der Waals surface area contributed by atoms with Crippen molar-refractivity contribution in [1.29, 1.82) is 0 Å². The second-order valence-corrected chi connectivity index (χ2v) is 4.55. The fourth-order valence-electron chi connectivity index (χ4n) is 1.65. The zero-order chi connectivity index (χ0) is 13.3. The zero-order valence-corrected chi connectivity index (χ0v) is 11.1. The van der Waals surface area contributed by atoms with Gasteiger partial charge in [-0.15, -0.1) is 0 Å². The number of nitrogen functional groups attached to an aromatic ring is 1. The van der Waals surface area contributed by atoms with E-state index in [-0.39, 0.29) is 5.56 Å². The summed E-state index contributed by atoms with van der Waals surface area (Å²) in [6, 6.07) is 6.77. The summed E-state index contributed by atoms with van der Waals surface area (Å²) in [5.41, 5.74) is 6.64. The summed E-state index contributed by atoms with van der Waals surface area (Å²) in [7, 11) is 1.45. The Bertz CT molecular complexity index is 602. The monoisotopic (exact) mass is 313 g/mol. The first-order chi connectivity index (χ1) is 8.52. The van der Waals surface area contributed by atoms with Crippen LogP contribution in [-0.4, -0.2) is 7.11 Å². The number of benzene rings is 2. The molecule has 0 fully saturated rings. The van der Waals surface area contributed by atoms with Crippen molar-refractivity contribution in [3.05, 3.63) is 46.4 Å². The first-order valence-corrected chi connectivity index (χ1v) is 5.90. The van der Waals surface area contributed by atoms with Crippen LogP contribution in [-0.2, 0) is 0 Å². The average Bonchev–Trinajstić information content (AvgIpc) is 2.34. The maximum atomic E-state index is 13.9. The van der Waals surface area contributed by atoms with E-state index in [1.54, 1.807) is 6.07 Å². The van der Waals surface area contributed by atoms with Crippen LogP contribution in [0.25, 0.3) is 11.1 Å². The van der Waals surface area contributed by atoms with Gasteiger partial charge in [0, 0.05) is 21.7 Å². The molecule has 0 saturated heterocycles. The molecular weight excluding hydrogens is 304 g/mol. The Morgan fingerprint density at radius 2 is 1.83 bits per heavy atom. The van der Waals surface area contributed by atoms with E-state index in [0.717, 1.165) is 0 Å². The van der Waals surface area contributed by atoms with E-state index in [1.807, 2.05) is 0 Å². The molecule has 5 heteroatoms. The van der Waals surface area contributed by atoms with Gasteiger partial charge in [0.2, 0.25) is 0 Å². The number of ether oxygens (including phenoxy) is 1. The van der Waals surface area contributed by atoms with Gasteiger partial charge in [-0.2, -0.15) is 0 Å². The fourth-order valence-corrected chi connectivity index (χ4v) is 2.08. The lowest BCUT2D eigenvalue weighted by atomic mass is 10.0. The summed E-state index contributed by atoms with van der Waals surface area (Å²) in [4.78, 5) is 0. The number of rotatable bonds is 2. The molecule has 94 valence electrons. The molecule has 2 aromatic carbocycles. The average molecular weight is 314 g/mol. The van der Waals surface area contributed by atoms with Gasteiger partial charge in [-0.3, -0.25) is 0 Å². The lowest BCUT2D eigenvalue weighted by molar-refractivity contribution is 0.411. The van der Waals surface area contributed by atoms with Crippen molar-refractivity contribution >= 4 is 21.6 Å². The largest absolute Gasteiger partial charge is 0.497 e. The van der Waals surface area contributed by atoms with Crippen molar-refractivity contribution < 1.29 is 13.5 Å². The molecule has 0 aliphatic carbocycles. The number of methoxy groups -OCH3 is 1. The highest BCUT2D eigenvalue weighted by Gasteiger charge is 2.13. The van der Waals surface area contributed by atoms with E-state index in [9.17, 15) is 8.78 Å². The van der Waals surface area contributed by atoms with Crippen LogP contribution in [0.3, 0.4) is 0 Å². The Kier molecular flexibility index (Phi) is 3.52. The smallest absolute Gasteiger partial charge is 0.134 e. The lowest BCUT2D eigenvalue weighted by Crippen LogP contribution is -1.95. The standard InChI is InChI=1S/C13H10BrF2NO/c1-18-8-2-3-9(12(16)6-8)10-4-7(15)5-11(14)13(10)17/h2-6H,17H2,1H3. The van der Waals surface area contributed by atoms with Crippen LogP contribution in [0.4, 0.5) is 14.5 Å². The van der Waals surface area contributed by atoms with Crippen LogP contribution in [0.15, 0.2) is 34.8 Å². The molecule has 0 aromatic heterocycles. The molecular formula is C13H10BrF2NO. The van der Waals surface area contributed by atoms with Crippen molar-refractivity contribution in [2.75, 3.05) is 12.8 Å². The van der Waals surface area contributed by atoms with Gasteiger partial charge >= 0.3 is 0 Å². The molecule has 2 aromatic rings. The van der Waals surface area contributed by atoms with Crippen molar-refractivity contribution in [1.82, 2.24) is 0 Å². The summed E-state index contributed by atoms with van der Waals surface area (Å²) in [5.74, 6) is -0.606. The van der Waals surface area contributed by atoms with Crippen molar-refractivity contribution in [2.24, 2.45) is 0 Å². The molecule has 0 atom stereocenters. The minimum absolute atomic E-state index is 0.230. The summed E-state index contributed by atoms with van der Waals surface area (Å²) in [6.45, 7) is 0. The molecule has 0 heterocycles. The van der Waals surface area contributed by atoms with Crippen LogP contribution in [0.1, 0.15) is 0 Å². The van der Waals surface area contributed by atoms with Gasteiger partial charge in [-0.05, 0) is 40.2 Å². The topological polar surface area (TPSA) is 35.2 Å². The highest BCUT2D eigenvalue weighted by atomic mass is 79.9. The molecule has 0 bridgehead atoms. The van der Waals surface area contributed by atoms with E-state index < -0.39 is 11.6 Å². The molecule has 0 saturated carbocycles. The minimum atomic E-state index is -0.515. The summed E-state index contributed by atoms with van der Waals surface area (Å²) >= 11 is 3.13. The highest BCUT2D eigenvalue weighted by Crippen LogP contribution is 2.35. The van der Waals surface area contributed by atoms with Crippen LogP contribution < -0.4 is 10.5 Å². The van der Waals surface area contributed by atoms with Crippen LogP contribution in [0, 0.1) is 11.6 Å². The van der Waals surface area contributed by atoms with Crippen molar-refractivity contribution in [3.8, 4) is 16.9 Å². The molecule has 0 aliphatic rings. The predicted octanol–water partition coefficient (Wildman–Crippen LogP) is 3.99. The Balaban J connectivity index is 2.62. The summed E-state index contributed by atoms with van der Waals surface area (Å²) in [6.07, 6.45) is 0. The molecule has 0 unspecified atom stereocenters. The quantitative estimate of drug-likeness (QED) is 0.851. The first kappa shape index (κ1) is 12.8. The number of anilines is 1. The van der Waals surface area contributed by atoms with Gasteiger partial charge in [-0.1, -0.05) is 0 Å². The maximum Gasteiger partial charge on any atom is 0.134 e. The third-order valence-corrected chi connectivity index (χ3v) is 3.22. The Morgan fingerprint density at radius 1 is 1.11 bits per heavy atom. The second kappa shape index (κ2) is 4.94. The molecule has 18 heavy (non-hydrogen) atoms. The van der Waals surface area contributed by atoms with E-state index in [4.69, 9.17) is 10.5 Å².